The Labute approximate surface area is 175 Å². The van der Waals surface area contributed by atoms with Crippen molar-refractivity contribution in [1.82, 2.24) is 0 Å². The average molecular weight is 476 g/mol. The molecule has 0 aliphatic carbocycles. The number of nitrogens with one attached hydrogen (secondary N) is 1. The Kier molecular flexibility index (Phi) is 9.22. The standard InChI is InChI=1S/C16H11Cl3F3NO.HNO2S/c1-9(12-7-11(17)3-4-13(12)16(20,21)22)23-24-8-10-2-5-14(18)15(19)6-10;1-4(2)3/h2-7H,8H2,1H3;1H/b23-9+;. The van der Waals surface area contributed by atoms with E-state index in [9.17, 15) is 13.2 Å². The number of hydrogen-bond acceptors (Lipinski definition) is 5. The molecule has 152 valence electrons. The molecule has 0 saturated heterocycles. The number of alkyl halides is 3. The molecule has 28 heavy (non-hydrogen) atoms. The van der Waals surface area contributed by atoms with Crippen LogP contribution in [0.1, 0.15) is 23.6 Å². The molecule has 0 spiro atoms. The van der Waals surface area contributed by atoms with Crippen LogP contribution in [0.2, 0.25) is 15.1 Å². The van der Waals surface area contributed by atoms with E-state index in [-0.39, 0.29) is 22.9 Å². The third-order valence-electron chi connectivity index (χ3n) is 3.09. The number of nitrogens with zero attached hydrogens (tertiary/aromatic N) is 1. The predicted octanol–water partition coefficient (Wildman–Crippen LogP) is 6.23. The smallest absolute Gasteiger partial charge is 0.391 e. The second kappa shape index (κ2) is 10.7. The first-order valence-corrected chi connectivity index (χ1v) is 9.40. The maximum absolute atomic E-state index is 13.0. The molecule has 0 atom stereocenters. The number of oxime groups is 1. The van der Waals surface area contributed by atoms with Crippen molar-refractivity contribution in [2.75, 3.05) is 0 Å². The van der Waals surface area contributed by atoms with Gasteiger partial charge in [-0.25, -0.2) is 0 Å². The lowest BCUT2D eigenvalue weighted by atomic mass is 10.0. The van der Waals surface area contributed by atoms with Crippen LogP contribution in [0.5, 0.6) is 0 Å². The number of halogens is 6. The summed E-state index contributed by atoms with van der Waals surface area (Å²) >= 11 is 17.5. The Morgan fingerprint density at radius 3 is 2.25 bits per heavy atom. The van der Waals surface area contributed by atoms with E-state index in [1.807, 2.05) is 0 Å². The van der Waals surface area contributed by atoms with Crippen LogP contribution in [-0.2, 0) is 28.1 Å². The van der Waals surface area contributed by atoms with E-state index in [2.05, 4.69) is 5.16 Å². The molecule has 0 radical (unpaired) electrons. The van der Waals surface area contributed by atoms with Crippen molar-refractivity contribution >= 4 is 51.0 Å². The predicted molar refractivity (Wildman–Crippen MR) is 102 cm³/mol. The molecular formula is C16H12Cl3F3N2O3S. The fraction of sp³-hybridized carbons (Fsp3) is 0.188. The molecule has 0 fully saturated rings. The lowest BCUT2D eigenvalue weighted by Gasteiger charge is -2.13. The molecule has 2 rings (SSSR count). The Morgan fingerprint density at radius 1 is 1.11 bits per heavy atom. The van der Waals surface area contributed by atoms with E-state index in [4.69, 9.17) is 52.8 Å². The molecule has 2 aromatic rings. The van der Waals surface area contributed by atoms with Crippen molar-refractivity contribution in [2.45, 2.75) is 19.7 Å². The second-order valence-corrected chi connectivity index (χ2v) is 6.84. The third kappa shape index (κ3) is 8.05. The van der Waals surface area contributed by atoms with Crippen LogP contribution in [0.25, 0.3) is 0 Å². The number of rotatable bonds is 4. The van der Waals surface area contributed by atoms with E-state index >= 15 is 0 Å². The van der Waals surface area contributed by atoms with Crippen molar-refractivity contribution in [3.8, 4) is 0 Å². The van der Waals surface area contributed by atoms with Crippen molar-refractivity contribution in [3.63, 3.8) is 0 Å². The topological polar surface area (TPSA) is 79.6 Å². The molecule has 0 unspecified atom stereocenters. The first kappa shape index (κ1) is 24.2. The second-order valence-electron chi connectivity index (χ2n) is 5.12. The Hall–Kier alpha value is -1.81. The minimum atomic E-state index is -4.51. The molecule has 12 heteroatoms. The Bertz CT molecular complexity index is 975. The van der Waals surface area contributed by atoms with Gasteiger partial charge in [-0.1, -0.05) is 46.0 Å². The van der Waals surface area contributed by atoms with Gasteiger partial charge in [-0.05, 0) is 42.8 Å². The third-order valence-corrected chi connectivity index (χ3v) is 4.07. The van der Waals surface area contributed by atoms with Gasteiger partial charge in [-0.15, -0.1) is 0 Å². The summed E-state index contributed by atoms with van der Waals surface area (Å²) in [6.07, 6.45) is -4.51. The zero-order valence-corrected chi connectivity index (χ0v) is 17.1. The molecule has 0 saturated carbocycles. The zero-order chi connectivity index (χ0) is 21.5. The van der Waals surface area contributed by atoms with Crippen LogP contribution in [0.3, 0.4) is 0 Å². The number of hydrogen-bond donors (Lipinski definition) is 1. The van der Waals surface area contributed by atoms with Gasteiger partial charge in [0.25, 0.3) is 0 Å². The minimum absolute atomic E-state index is 0.0378. The quantitative estimate of drug-likeness (QED) is 0.420. The summed E-state index contributed by atoms with van der Waals surface area (Å²) in [5.74, 6) is 0. The van der Waals surface area contributed by atoms with Crippen LogP contribution in [0.15, 0.2) is 41.6 Å². The largest absolute Gasteiger partial charge is 0.417 e. The fourth-order valence-corrected chi connectivity index (χ4v) is 2.44. The van der Waals surface area contributed by atoms with E-state index in [0.29, 0.717) is 15.6 Å². The monoisotopic (exact) mass is 474 g/mol. The van der Waals surface area contributed by atoms with Crippen LogP contribution >= 0.6 is 34.8 Å². The summed E-state index contributed by atoms with van der Waals surface area (Å²) in [7, 11) is -2.61. The highest BCUT2D eigenvalue weighted by Gasteiger charge is 2.34. The lowest BCUT2D eigenvalue weighted by Crippen LogP contribution is -2.12. The summed E-state index contributed by atoms with van der Waals surface area (Å²) in [4.78, 5) is 5.11. The summed E-state index contributed by atoms with van der Waals surface area (Å²) in [6, 6.07) is 8.16. The van der Waals surface area contributed by atoms with Gasteiger partial charge >= 0.3 is 16.7 Å². The van der Waals surface area contributed by atoms with Crippen LogP contribution in [-0.4, -0.2) is 14.1 Å². The highest BCUT2D eigenvalue weighted by atomic mass is 35.5. The van der Waals surface area contributed by atoms with Crippen LogP contribution < -0.4 is 0 Å². The van der Waals surface area contributed by atoms with E-state index in [1.54, 1.807) is 18.2 Å². The first-order chi connectivity index (χ1) is 12.9. The molecule has 0 aromatic heterocycles. The molecule has 1 N–H and O–H groups in total. The van der Waals surface area contributed by atoms with Gasteiger partial charge < -0.3 is 4.84 Å². The highest BCUT2D eigenvalue weighted by molar-refractivity contribution is 7.60. The van der Waals surface area contributed by atoms with Crippen molar-refractivity contribution in [1.29, 1.82) is 4.78 Å². The maximum Gasteiger partial charge on any atom is 0.417 e. The molecule has 0 heterocycles. The molecular weight excluding hydrogens is 464 g/mol. The summed E-state index contributed by atoms with van der Waals surface area (Å²) in [6.45, 7) is 1.45. The van der Waals surface area contributed by atoms with Crippen molar-refractivity contribution in [2.24, 2.45) is 5.16 Å². The zero-order valence-electron chi connectivity index (χ0n) is 14.0. The first-order valence-electron chi connectivity index (χ1n) is 7.20. The van der Waals surface area contributed by atoms with Gasteiger partial charge in [-0.2, -0.15) is 26.4 Å². The van der Waals surface area contributed by atoms with Crippen LogP contribution in [0.4, 0.5) is 13.2 Å². The molecule has 0 aliphatic heterocycles. The van der Waals surface area contributed by atoms with Gasteiger partial charge in [0, 0.05) is 10.6 Å². The average Bonchev–Trinajstić information content (AvgIpc) is 2.56. The van der Waals surface area contributed by atoms with E-state index < -0.39 is 22.2 Å². The van der Waals surface area contributed by atoms with E-state index in [0.717, 1.165) is 6.07 Å². The number of benzene rings is 2. The van der Waals surface area contributed by atoms with Crippen molar-refractivity contribution < 1.29 is 26.4 Å². The lowest BCUT2D eigenvalue weighted by molar-refractivity contribution is -0.137. The highest BCUT2D eigenvalue weighted by Crippen LogP contribution is 2.33. The Morgan fingerprint density at radius 2 is 1.71 bits per heavy atom. The SMILES string of the molecule is C/C(=N\OCc1ccc(Cl)c(Cl)c1)c1cc(Cl)ccc1C(F)(F)F.N=S(=O)=O. The molecule has 5 nitrogen and oxygen atoms in total. The maximum atomic E-state index is 13.0. The van der Waals surface area contributed by atoms with Crippen LogP contribution in [0, 0.1) is 4.78 Å². The van der Waals surface area contributed by atoms with E-state index in [1.165, 1.54) is 19.1 Å². The van der Waals surface area contributed by atoms with Gasteiger partial charge in [0.15, 0.2) is 0 Å². The fourth-order valence-electron chi connectivity index (χ4n) is 1.95. The van der Waals surface area contributed by atoms with Gasteiger partial charge in [0.05, 0.1) is 21.3 Å². The van der Waals surface area contributed by atoms with Gasteiger partial charge in [0.1, 0.15) is 6.61 Å². The molecule has 0 aliphatic rings. The Balaban J connectivity index is 0.000000892. The summed E-state index contributed by atoms with van der Waals surface area (Å²) < 4.78 is 62.0. The summed E-state index contributed by atoms with van der Waals surface area (Å²) in [5, 5.41) is 4.67. The summed E-state index contributed by atoms with van der Waals surface area (Å²) in [5.41, 5.74) is -0.219. The van der Waals surface area contributed by atoms with Gasteiger partial charge in [0.2, 0.25) is 0 Å². The van der Waals surface area contributed by atoms with Crippen molar-refractivity contribution in [3.05, 3.63) is 68.2 Å². The molecule has 0 amide bonds. The normalized spacial score (nSPS) is 11.5. The molecule has 2 aromatic carbocycles. The minimum Gasteiger partial charge on any atom is -0.391 e. The molecule has 0 bridgehead atoms. The van der Waals surface area contributed by atoms with Gasteiger partial charge in [-0.3, -0.25) is 0 Å².